The van der Waals surface area contributed by atoms with Gasteiger partial charge in [-0.25, -0.2) is 0 Å². The van der Waals surface area contributed by atoms with Crippen molar-refractivity contribution in [2.45, 2.75) is 59.8 Å². The lowest BCUT2D eigenvalue weighted by Crippen LogP contribution is -2.49. The Morgan fingerprint density at radius 1 is 0.917 bits per heavy atom. The first-order valence-corrected chi connectivity index (χ1v) is 9.68. The maximum Gasteiger partial charge on any atom is 0.225 e. The van der Waals surface area contributed by atoms with Crippen molar-refractivity contribution in [2.75, 3.05) is 39.3 Å². The van der Waals surface area contributed by atoms with Crippen LogP contribution in [0.5, 0.6) is 0 Å². The fourth-order valence-electron chi connectivity index (χ4n) is 3.04. The highest BCUT2D eigenvalue weighted by atomic mass is 16.2. The second-order valence-electron chi connectivity index (χ2n) is 7.68. The van der Waals surface area contributed by atoms with E-state index in [4.69, 9.17) is 0 Å². The minimum atomic E-state index is 0.109. The molecule has 0 aromatic heterocycles. The molecule has 2 amide bonds. The van der Waals surface area contributed by atoms with Crippen LogP contribution in [0.1, 0.15) is 59.8 Å². The maximum absolute atomic E-state index is 11.9. The molecule has 1 fully saturated rings. The Balaban J connectivity index is 1.97. The number of unbranched alkanes of at least 4 members (excludes halogenated alkanes) is 3. The molecule has 1 aliphatic rings. The lowest BCUT2D eigenvalue weighted by molar-refractivity contribution is -0.136. The van der Waals surface area contributed by atoms with Gasteiger partial charge in [-0.15, -0.1) is 0 Å². The minimum Gasteiger partial charge on any atom is -0.356 e. The van der Waals surface area contributed by atoms with Crippen LogP contribution in [-0.2, 0) is 9.59 Å². The average molecular weight is 340 g/mol. The van der Waals surface area contributed by atoms with Crippen molar-refractivity contribution >= 4 is 11.8 Å². The summed E-state index contributed by atoms with van der Waals surface area (Å²) in [5, 5.41) is 2.99. The predicted octanol–water partition coefficient (Wildman–Crippen LogP) is 2.51. The molecule has 0 aromatic carbocycles. The van der Waals surface area contributed by atoms with E-state index in [2.05, 4.69) is 24.1 Å². The first-order chi connectivity index (χ1) is 11.4. The number of rotatable bonds is 10. The van der Waals surface area contributed by atoms with Crippen molar-refractivity contribution in [3.05, 3.63) is 0 Å². The number of hydrogen-bond donors (Lipinski definition) is 1. The Morgan fingerprint density at radius 3 is 2.12 bits per heavy atom. The molecule has 140 valence electrons. The van der Waals surface area contributed by atoms with Crippen molar-refractivity contribution in [2.24, 2.45) is 11.8 Å². The second kappa shape index (κ2) is 11.5. The Morgan fingerprint density at radius 2 is 1.54 bits per heavy atom. The average Bonchev–Trinajstić information content (AvgIpc) is 2.53. The summed E-state index contributed by atoms with van der Waals surface area (Å²) in [5.41, 5.74) is 0. The first kappa shape index (κ1) is 20.9. The summed E-state index contributed by atoms with van der Waals surface area (Å²) in [7, 11) is 0. The fourth-order valence-corrected chi connectivity index (χ4v) is 3.04. The highest BCUT2D eigenvalue weighted by molar-refractivity contribution is 5.78. The normalized spacial score (nSPS) is 16.0. The van der Waals surface area contributed by atoms with Crippen LogP contribution in [0.15, 0.2) is 0 Å². The second-order valence-corrected chi connectivity index (χ2v) is 7.68. The zero-order valence-electron chi connectivity index (χ0n) is 16.1. The molecule has 0 spiro atoms. The van der Waals surface area contributed by atoms with Gasteiger partial charge in [-0.05, 0) is 25.3 Å². The highest BCUT2D eigenvalue weighted by Crippen LogP contribution is 2.09. The van der Waals surface area contributed by atoms with Gasteiger partial charge in [0.15, 0.2) is 0 Å². The van der Waals surface area contributed by atoms with Gasteiger partial charge in [0.1, 0.15) is 0 Å². The lowest BCUT2D eigenvalue weighted by Gasteiger charge is -2.35. The Kier molecular flexibility index (Phi) is 9.99. The van der Waals surface area contributed by atoms with Crippen molar-refractivity contribution in [1.29, 1.82) is 0 Å². The smallest absolute Gasteiger partial charge is 0.225 e. The van der Waals surface area contributed by atoms with Gasteiger partial charge in [-0.3, -0.25) is 14.5 Å². The van der Waals surface area contributed by atoms with Gasteiger partial charge in [0.05, 0.1) is 0 Å². The molecule has 24 heavy (non-hydrogen) atoms. The van der Waals surface area contributed by atoms with E-state index in [0.29, 0.717) is 12.3 Å². The number of carbonyl (C=O) groups is 2. The number of hydrogen-bond acceptors (Lipinski definition) is 3. The molecule has 1 saturated heterocycles. The quantitative estimate of drug-likeness (QED) is 0.622. The van der Waals surface area contributed by atoms with E-state index in [-0.39, 0.29) is 17.7 Å². The largest absolute Gasteiger partial charge is 0.356 e. The summed E-state index contributed by atoms with van der Waals surface area (Å²) in [6.45, 7) is 13.8. The van der Waals surface area contributed by atoms with Crippen LogP contribution in [0, 0.1) is 11.8 Å². The van der Waals surface area contributed by atoms with Gasteiger partial charge >= 0.3 is 0 Å². The standard InChI is InChI=1S/C19H37N3O2/c1-16(2)15-18(23)20-9-7-5-6-8-10-21-11-13-22(14-12-21)19(24)17(3)4/h16-17H,5-15H2,1-4H3,(H,20,23). The van der Waals surface area contributed by atoms with E-state index in [0.717, 1.165) is 45.7 Å². The summed E-state index contributed by atoms with van der Waals surface area (Å²) >= 11 is 0. The minimum absolute atomic E-state index is 0.109. The van der Waals surface area contributed by atoms with Crippen LogP contribution in [0.4, 0.5) is 0 Å². The van der Waals surface area contributed by atoms with E-state index in [9.17, 15) is 9.59 Å². The highest BCUT2D eigenvalue weighted by Gasteiger charge is 2.22. The summed E-state index contributed by atoms with van der Waals surface area (Å²) in [4.78, 5) is 27.9. The molecule has 0 bridgehead atoms. The van der Waals surface area contributed by atoms with E-state index in [1.165, 1.54) is 19.3 Å². The van der Waals surface area contributed by atoms with Crippen molar-refractivity contribution in [3.8, 4) is 0 Å². The summed E-state index contributed by atoms with van der Waals surface area (Å²) in [6, 6.07) is 0. The number of nitrogens with zero attached hydrogens (tertiary/aromatic N) is 2. The Labute approximate surface area is 148 Å². The Hall–Kier alpha value is -1.10. The van der Waals surface area contributed by atoms with Gasteiger partial charge < -0.3 is 10.2 Å². The Bertz CT molecular complexity index is 375. The van der Waals surface area contributed by atoms with Gasteiger partial charge in [0, 0.05) is 45.1 Å². The summed E-state index contributed by atoms with van der Waals surface area (Å²) in [5.74, 6) is 1.01. The molecule has 0 radical (unpaired) electrons. The number of amides is 2. The van der Waals surface area contributed by atoms with E-state index in [1.807, 2.05) is 18.7 Å². The predicted molar refractivity (Wildman–Crippen MR) is 98.8 cm³/mol. The molecule has 0 atom stereocenters. The fraction of sp³-hybridized carbons (Fsp3) is 0.895. The van der Waals surface area contributed by atoms with E-state index >= 15 is 0 Å². The van der Waals surface area contributed by atoms with Gasteiger partial charge in [-0.1, -0.05) is 40.5 Å². The summed E-state index contributed by atoms with van der Waals surface area (Å²) in [6.07, 6.45) is 5.29. The molecular formula is C19H37N3O2. The lowest BCUT2D eigenvalue weighted by atomic mass is 10.1. The van der Waals surface area contributed by atoms with Crippen molar-refractivity contribution in [1.82, 2.24) is 15.1 Å². The van der Waals surface area contributed by atoms with Gasteiger partial charge in [-0.2, -0.15) is 0 Å². The molecule has 1 rings (SSSR count). The molecule has 0 saturated carbocycles. The van der Waals surface area contributed by atoms with E-state index in [1.54, 1.807) is 0 Å². The van der Waals surface area contributed by atoms with Crippen LogP contribution in [0.2, 0.25) is 0 Å². The van der Waals surface area contributed by atoms with Crippen molar-refractivity contribution < 1.29 is 9.59 Å². The molecular weight excluding hydrogens is 302 g/mol. The number of nitrogens with one attached hydrogen (secondary N) is 1. The third-order valence-corrected chi connectivity index (χ3v) is 4.49. The maximum atomic E-state index is 11.9. The topological polar surface area (TPSA) is 52.7 Å². The molecule has 1 N–H and O–H groups in total. The number of carbonyl (C=O) groups excluding carboxylic acids is 2. The van der Waals surface area contributed by atoms with Crippen LogP contribution >= 0.6 is 0 Å². The number of piperazine rings is 1. The molecule has 5 nitrogen and oxygen atoms in total. The van der Waals surface area contributed by atoms with Crippen LogP contribution in [0.3, 0.4) is 0 Å². The molecule has 0 aliphatic carbocycles. The molecule has 0 aromatic rings. The molecule has 1 aliphatic heterocycles. The van der Waals surface area contributed by atoms with Gasteiger partial charge in [0.2, 0.25) is 11.8 Å². The third-order valence-electron chi connectivity index (χ3n) is 4.49. The SMILES string of the molecule is CC(C)CC(=O)NCCCCCCN1CCN(C(=O)C(C)C)CC1. The van der Waals surface area contributed by atoms with Crippen LogP contribution in [0.25, 0.3) is 0 Å². The molecule has 5 heteroatoms. The van der Waals surface area contributed by atoms with Crippen LogP contribution < -0.4 is 5.32 Å². The summed E-state index contributed by atoms with van der Waals surface area (Å²) < 4.78 is 0. The monoisotopic (exact) mass is 339 g/mol. The zero-order chi connectivity index (χ0) is 17.9. The third kappa shape index (κ3) is 8.67. The van der Waals surface area contributed by atoms with Crippen molar-refractivity contribution in [3.63, 3.8) is 0 Å². The molecule has 0 unspecified atom stereocenters. The first-order valence-electron chi connectivity index (χ1n) is 9.68. The molecule has 1 heterocycles. The van der Waals surface area contributed by atoms with Crippen LogP contribution in [-0.4, -0.2) is 60.9 Å². The van der Waals surface area contributed by atoms with Gasteiger partial charge in [0.25, 0.3) is 0 Å². The van der Waals surface area contributed by atoms with E-state index < -0.39 is 0 Å². The zero-order valence-corrected chi connectivity index (χ0v) is 16.1.